The van der Waals surface area contributed by atoms with Crippen molar-refractivity contribution in [2.75, 3.05) is 5.73 Å². The van der Waals surface area contributed by atoms with Gasteiger partial charge in [0.2, 0.25) is 0 Å². The van der Waals surface area contributed by atoms with Crippen LogP contribution in [0.2, 0.25) is 0 Å². The van der Waals surface area contributed by atoms with Crippen LogP contribution in [0.25, 0.3) is 10.8 Å². The van der Waals surface area contributed by atoms with E-state index in [-0.39, 0.29) is 46.3 Å². The van der Waals surface area contributed by atoms with Gasteiger partial charge >= 0.3 is 29.6 Å². The minimum atomic E-state index is -5.19. The molecule has 0 heterocycles. The topological polar surface area (TPSA) is 226 Å². The van der Waals surface area contributed by atoms with Crippen LogP contribution in [0.15, 0.2) is 62.5 Å². The van der Waals surface area contributed by atoms with E-state index in [9.17, 15) is 41.2 Å². The van der Waals surface area contributed by atoms with Crippen molar-refractivity contribution in [1.82, 2.24) is 0 Å². The third-order valence-corrected chi connectivity index (χ3v) is 5.89. The summed E-state index contributed by atoms with van der Waals surface area (Å²) < 4.78 is 68.0. The molecule has 0 aliphatic rings. The monoisotopic (exact) mass is 490 g/mol. The molecule has 0 spiro atoms. The summed E-state index contributed by atoms with van der Waals surface area (Å²) in [5, 5.41) is 27.6. The zero-order chi connectivity index (χ0) is 23.1. The second kappa shape index (κ2) is 9.07. The average molecular weight is 490 g/mol. The van der Waals surface area contributed by atoms with Gasteiger partial charge < -0.3 is 15.4 Å². The number of rotatable bonds is 5. The number of nitrogens with two attached hydrogens (primary N) is 1. The van der Waals surface area contributed by atoms with Crippen LogP contribution >= 0.6 is 0 Å². The number of hydrogen-bond acceptors (Lipinski definition) is 11. The molecule has 0 aromatic heterocycles. The summed E-state index contributed by atoms with van der Waals surface area (Å²) in [7, 11) is -10.3. The van der Waals surface area contributed by atoms with Crippen molar-refractivity contribution in [1.29, 1.82) is 0 Å². The molecule has 0 saturated heterocycles. The Hall–Kier alpha value is -2.66. The van der Waals surface area contributed by atoms with Gasteiger partial charge in [-0.1, -0.05) is 0 Å². The van der Waals surface area contributed by atoms with Crippen LogP contribution in [0, 0.1) is 10.1 Å². The Labute approximate surface area is 202 Å². The largest absolute Gasteiger partial charge is 1.00 e. The molecule has 4 N–H and O–H groups in total. The van der Waals surface area contributed by atoms with Crippen molar-refractivity contribution in [3.05, 3.63) is 52.6 Å². The fourth-order valence-electron chi connectivity index (χ4n) is 2.73. The van der Waals surface area contributed by atoms with E-state index in [0.29, 0.717) is 6.07 Å². The summed E-state index contributed by atoms with van der Waals surface area (Å²) >= 11 is 0. The molecule has 3 aromatic carbocycles. The first-order valence-corrected chi connectivity index (χ1v) is 10.8. The molecule has 0 amide bonds. The predicted molar refractivity (Wildman–Crippen MR) is 105 cm³/mol. The van der Waals surface area contributed by atoms with Crippen molar-refractivity contribution in [3.8, 4) is 5.75 Å². The first kappa shape index (κ1) is 25.6. The van der Waals surface area contributed by atoms with E-state index >= 15 is 0 Å². The van der Waals surface area contributed by atoms with Crippen LogP contribution in [0.4, 0.5) is 22.7 Å². The fourth-order valence-corrected chi connectivity index (χ4v) is 4.17. The van der Waals surface area contributed by atoms with Crippen LogP contribution < -0.4 is 35.3 Å². The number of fused-ring (bicyclic) bond motifs is 1. The maximum Gasteiger partial charge on any atom is 1.00 e. The summed E-state index contributed by atoms with van der Waals surface area (Å²) in [5.74, 6) is -0.902. The normalized spacial score (nSPS) is 12.1. The number of benzene rings is 3. The number of aromatic hydroxyl groups is 1. The Bertz CT molecular complexity index is 1470. The van der Waals surface area contributed by atoms with E-state index in [2.05, 4.69) is 10.2 Å². The van der Waals surface area contributed by atoms with Crippen LogP contribution in [-0.4, -0.2) is 36.0 Å². The zero-order valence-electron chi connectivity index (χ0n) is 16.0. The Morgan fingerprint density at radius 2 is 1.56 bits per heavy atom. The van der Waals surface area contributed by atoms with Gasteiger partial charge in [0.1, 0.15) is 20.7 Å². The van der Waals surface area contributed by atoms with E-state index in [1.165, 1.54) is 12.1 Å². The molecular weight excluding hydrogens is 479 g/mol. The molecule has 3 rings (SSSR count). The smallest absolute Gasteiger partial charge is 0.744 e. The third-order valence-electron chi connectivity index (χ3n) is 4.07. The van der Waals surface area contributed by atoms with Gasteiger partial charge in [0.15, 0.2) is 5.75 Å². The van der Waals surface area contributed by atoms with E-state index in [1.807, 2.05) is 0 Å². The Kier molecular flexibility index (Phi) is 7.25. The molecule has 3 aromatic rings. The number of anilines is 1. The van der Waals surface area contributed by atoms with Gasteiger partial charge in [-0.2, -0.15) is 13.5 Å². The molecular formula is C16H11N4NaO9S2. The fraction of sp³-hybridized carbons (Fsp3) is 0. The molecule has 0 fully saturated rings. The molecule has 16 heteroatoms. The molecule has 0 saturated carbocycles. The van der Waals surface area contributed by atoms with E-state index < -0.39 is 57.5 Å². The molecule has 0 bridgehead atoms. The third kappa shape index (κ3) is 5.04. The minimum absolute atomic E-state index is 0. The molecule has 0 atom stereocenters. The Balaban J connectivity index is 0.00000363. The second-order valence-corrected chi connectivity index (χ2v) is 8.76. The number of nitrogen functional groups attached to an aromatic ring is 1. The minimum Gasteiger partial charge on any atom is -0.744 e. The van der Waals surface area contributed by atoms with Gasteiger partial charge in [-0.25, -0.2) is 8.42 Å². The number of phenols is 1. The van der Waals surface area contributed by atoms with Gasteiger partial charge in [-0.15, -0.1) is 5.11 Å². The molecule has 162 valence electrons. The standard InChI is InChI=1S/C16H12N4O9S2.Na/c17-12-6-5-10-11(16(12)31(27,28)29)7-13(30(24,25)26)14(15(10)21)19-18-8-1-3-9(4-2-8)20(22)23;/h1-7,21H,17H2,(H,24,25,26)(H,27,28,29);/q;+1/p-1. The van der Waals surface area contributed by atoms with E-state index in [4.69, 9.17) is 5.73 Å². The maximum absolute atomic E-state index is 11.8. The summed E-state index contributed by atoms with van der Waals surface area (Å²) in [4.78, 5) is 8.01. The summed E-state index contributed by atoms with van der Waals surface area (Å²) in [6.07, 6.45) is 0. The number of phenolic OH excluding ortho intramolecular Hbond substituents is 1. The number of non-ortho nitro benzene ring substituents is 1. The van der Waals surface area contributed by atoms with E-state index in [1.54, 1.807) is 0 Å². The Morgan fingerprint density at radius 3 is 2.06 bits per heavy atom. The van der Waals surface area contributed by atoms with Gasteiger partial charge in [-0.3, -0.25) is 14.7 Å². The molecule has 0 aliphatic carbocycles. The van der Waals surface area contributed by atoms with Crippen molar-refractivity contribution >= 4 is 53.8 Å². The molecule has 0 unspecified atom stereocenters. The average Bonchev–Trinajstić information content (AvgIpc) is 2.65. The van der Waals surface area contributed by atoms with Crippen LogP contribution in [0.5, 0.6) is 5.75 Å². The molecule has 0 aliphatic heterocycles. The van der Waals surface area contributed by atoms with Crippen LogP contribution in [0.1, 0.15) is 0 Å². The van der Waals surface area contributed by atoms with Gasteiger partial charge in [0, 0.05) is 28.6 Å². The predicted octanol–water partition coefficient (Wildman–Crippen LogP) is -0.394. The van der Waals surface area contributed by atoms with Crippen molar-refractivity contribution in [2.24, 2.45) is 10.2 Å². The molecule has 0 radical (unpaired) electrons. The first-order chi connectivity index (χ1) is 14.3. The summed E-state index contributed by atoms with van der Waals surface area (Å²) in [6, 6.07) is 7.34. The van der Waals surface area contributed by atoms with Crippen LogP contribution in [0.3, 0.4) is 0 Å². The second-order valence-electron chi connectivity index (χ2n) is 6.05. The zero-order valence-corrected chi connectivity index (χ0v) is 19.7. The molecule has 13 nitrogen and oxygen atoms in total. The maximum atomic E-state index is 11.8. The first-order valence-electron chi connectivity index (χ1n) is 7.98. The number of nitro benzene ring substituents is 1. The van der Waals surface area contributed by atoms with Gasteiger partial charge in [-0.05, 0) is 30.3 Å². The van der Waals surface area contributed by atoms with Crippen LogP contribution in [-0.2, 0) is 20.2 Å². The van der Waals surface area contributed by atoms with Crippen molar-refractivity contribution < 1.29 is 65.5 Å². The number of nitrogens with zero attached hydrogens (tertiary/aromatic N) is 3. The number of nitro groups is 1. The summed E-state index contributed by atoms with van der Waals surface area (Å²) in [5.41, 5.74) is 4.06. The van der Waals surface area contributed by atoms with Crippen molar-refractivity contribution in [2.45, 2.75) is 9.79 Å². The SMILES string of the molecule is Nc1ccc2c(O)c(N=Nc3ccc([N+](=O)[O-])cc3)c(S(=O)(=O)O)cc2c1S(=O)(=O)[O-].[Na+]. The molecule has 32 heavy (non-hydrogen) atoms. The number of azo groups is 1. The van der Waals surface area contributed by atoms with Crippen molar-refractivity contribution in [3.63, 3.8) is 0 Å². The number of hydrogen-bond donors (Lipinski definition) is 3. The van der Waals surface area contributed by atoms with E-state index in [0.717, 1.165) is 24.3 Å². The van der Waals surface area contributed by atoms with Gasteiger partial charge in [0.25, 0.3) is 15.8 Å². The van der Waals surface area contributed by atoms with Gasteiger partial charge in [0.05, 0.1) is 15.5 Å². The Morgan fingerprint density at radius 1 is 0.969 bits per heavy atom. The quantitative estimate of drug-likeness (QED) is 0.105. The summed E-state index contributed by atoms with van der Waals surface area (Å²) in [6.45, 7) is 0.